The lowest BCUT2D eigenvalue weighted by atomic mass is 9.95. The highest BCUT2D eigenvalue weighted by molar-refractivity contribution is 7.15. The third-order valence-electron chi connectivity index (χ3n) is 4.86. The summed E-state index contributed by atoms with van der Waals surface area (Å²) in [6, 6.07) is 11.1. The summed E-state index contributed by atoms with van der Waals surface area (Å²) < 4.78 is 14.0. The van der Waals surface area contributed by atoms with E-state index in [1.807, 2.05) is 24.4 Å². The van der Waals surface area contributed by atoms with Crippen LogP contribution in [0.4, 0.5) is 4.39 Å². The Morgan fingerprint density at radius 1 is 1.15 bits per heavy atom. The zero-order valence-corrected chi connectivity index (χ0v) is 16.8. The predicted molar refractivity (Wildman–Crippen MR) is 108 cm³/mol. The maximum absolute atomic E-state index is 14.0. The Balaban J connectivity index is 1.47. The first kappa shape index (κ1) is 18.3. The molecule has 3 nitrogen and oxygen atoms in total. The number of halogens is 1. The van der Waals surface area contributed by atoms with Crippen LogP contribution in [-0.4, -0.2) is 21.4 Å². The summed E-state index contributed by atoms with van der Waals surface area (Å²) in [5, 5.41) is 0. The van der Waals surface area contributed by atoms with Gasteiger partial charge in [-0.2, -0.15) is 0 Å². The van der Waals surface area contributed by atoms with E-state index in [-0.39, 0.29) is 11.2 Å². The molecule has 1 aliphatic rings. The van der Waals surface area contributed by atoms with Crippen molar-refractivity contribution in [2.24, 2.45) is 0 Å². The minimum atomic E-state index is -0.162. The van der Waals surface area contributed by atoms with Crippen molar-refractivity contribution in [3.8, 4) is 10.4 Å². The van der Waals surface area contributed by atoms with E-state index in [2.05, 4.69) is 36.7 Å². The standard InChI is InChI=1S/C22H24FN3S/c1-22(2,3)21-24-12-15-13-26(11-10-19(15)25-21)14-16-8-9-20(27-16)17-6-4-5-7-18(17)23/h4-9,12H,10-11,13-14H2,1-3H3. The van der Waals surface area contributed by atoms with Crippen molar-refractivity contribution in [3.05, 3.63) is 70.4 Å². The third-order valence-corrected chi connectivity index (χ3v) is 5.97. The van der Waals surface area contributed by atoms with Gasteiger partial charge in [0.1, 0.15) is 11.6 Å². The summed E-state index contributed by atoms with van der Waals surface area (Å²) in [7, 11) is 0. The molecule has 1 aliphatic heterocycles. The van der Waals surface area contributed by atoms with Crippen molar-refractivity contribution in [3.63, 3.8) is 0 Å². The van der Waals surface area contributed by atoms with E-state index in [1.54, 1.807) is 17.4 Å². The first-order chi connectivity index (χ1) is 12.9. The molecule has 3 heterocycles. The maximum atomic E-state index is 14.0. The molecule has 0 unspecified atom stereocenters. The minimum absolute atomic E-state index is 0.0216. The summed E-state index contributed by atoms with van der Waals surface area (Å²) in [6.07, 6.45) is 2.95. The molecule has 0 N–H and O–H groups in total. The van der Waals surface area contributed by atoms with Crippen molar-refractivity contribution in [2.45, 2.75) is 45.7 Å². The number of hydrogen-bond acceptors (Lipinski definition) is 4. The highest BCUT2D eigenvalue weighted by Crippen LogP contribution is 2.31. The van der Waals surface area contributed by atoms with Crippen molar-refractivity contribution in [1.82, 2.24) is 14.9 Å². The maximum Gasteiger partial charge on any atom is 0.133 e. The lowest BCUT2D eigenvalue weighted by molar-refractivity contribution is 0.244. The van der Waals surface area contributed by atoms with Crippen molar-refractivity contribution in [2.75, 3.05) is 6.54 Å². The van der Waals surface area contributed by atoms with Gasteiger partial charge >= 0.3 is 0 Å². The summed E-state index contributed by atoms with van der Waals surface area (Å²) in [6.45, 7) is 9.17. The van der Waals surface area contributed by atoms with Gasteiger partial charge in [0.05, 0.1) is 0 Å². The van der Waals surface area contributed by atoms with Gasteiger partial charge in [-0.15, -0.1) is 11.3 Å². The lowest BCUT2D eigenvalue weighted by Crippen LogP contribution is -2.31. The van der Waals surface area contributed by atoms with Crippen molar-refractivity contribution < 1.29 is 4.39 Å². The van der Waals surface area contributed by atoms with Gasteiger partial charge in [0.15, 0.2) is 0 Å². The van der Waals surface area contributed by atoms with Crippen molar-refractivity contribution >= 4 is 11.3 Å². The largest absolute Gasteiger partial charge is 0.293 e. The average Bonchev–Trinajstić information content (AvgIpc) is 3.09. The van der Waals surface area contributed by atoms with Crippen LogP contribution in [0.1, 0.15) is 42.7 Å². The minimum Gasteiger partial charge on any atom is -0.293 e. The molecule has 5 heteroatoms. The first-order valence-corrected chi connectivity index (χ1v) is 10.1. The van der Waals surface area contributed by atoms with Crippen molar-refractivity contribution in [1.29, 1.82) is 0 Å². The van der Waals surface area contributed by atoms with Crippen LogP contribution in [0.2, 0.25) is 0 Å². The highest BCUT2D eigenvalue weighted by atomic mass is 32.1. The van der Waals surface area contributed by atoms with Crippen LogP contribution in [0.15, 0.2) is 42.6 Å². The molecule has 27 heavy (non-hydrogen) atoms. The number of nitrogens with zero attached hydrogens (tertiary/aromatic N) is 3. The van der Waals surface area contributed by atoms with Gasteiger partial charge in [-0.3, -0.25) is 4.90 Å². The van der Waals surface area contributed by atoms with Gasteiger partial charge < -0.3 is 0 Å². The van der Waals surface area contributed by atoms with Crippen LogP contribution in [0.25, 0.3) is 10.4 Å². The van der Waals surface area contributed by atoms with E-state index in [9.17, 15) is 4.39 Å². The van der Waals surface area contributed by atoms with Crippen LogP contribution in [-0.2, 0) is 24.9 Å². The molecule has 0 radical (unpaired) electrons. The van der Waals surface area contributed by atoms with Gasteiger partial charge in [-0.1, -0.05) is 39.0 Å². The Kier molecular flexibility index (Phi) is 4.82. The fraction of sp³-hybridized carbons (Fsp3) is 0.364. The summed E-state index contributed by atoms with van der Waals surface area (Å²) in [5.74, 6) is 0.757. The van der Waals surface area contributed by atoms with Gasteiger partial charge in [0.2, 0.25) is 0 Å². The topological polar surface area (TPSA) is 29.0 Å². The van der Waals surface area contributed by atoms with Gasteiger partial charge in [-0.05, 0) is 18.2 Å². The first-order valence-electron chi connectivity index (χ1n) is 9.31. The SMILES string of the molecule is CC(C)(C)c1ncc2c(n1)CCN(Cc1ccc(-c3ccccc3F)s1)C2. The number of fused-ring (bicyclic) bond motifs is 1. The quantitative estimate of drug-likeness (QED) is 0.624. The molecule has 0 fully saturated rings. The Bertz CT molecular complexity index is 958. The second-order valence-electron chi connectivity index (χ2n) is 8.12. The summed E-state index contributed by atoms with van der Waals surface area (Å²) >= 11 is 1.67. The normalized spacial score (nSPS) is 15.0. The second-order valence-corrected chi connectivity index (χ2v) is 9.29. The van der Waals surface area contributed by atoms with Crippen LogP contribution >= 0.6 is 11.3 Å². The summed E-state index contributed by atoms with van der Waals surface area (Å²) in [5.41, 5.74) is 3.07. The number of thiophene rings is 1. The van der Waals surface area contributed by atoms with E-state index in [0.29, 0.717) is 5.56 Å². The molecular weight excluding hydrogens is 357 g/mol. The van der Waals surface area contributed by atoms with E-state index in [0.717, 1.165) is 36.8 Å². The second kappa shape index (κ2) is 7.13. The molecule has 3 aromatic rings. The number of aromatic nitrogens is 2. The van der Waals surface area contributed by atoms with Crippen LogP contribution < -0.4 is 0 Å². The van der Waals surface area contributed by atoms with Crippen LogP contribution in [0.5, 0.6) is 0 Å². The fourth-order valence-electron chi connectivity index (χ4n) is 3.36. The molecule has 0 atom stereocenters. The molecule has 0 saturated carbocycles. The molecule has 4 rings (SSSR count). The fourth-order valence-corrected chi connectivity index (χ4v) is 4.44. The van der Waals surface area contributed by atoms with E-state index < -0.39 is 0 Å². The Hall–Kier alpha value is -2.11. The van der Waals surface area contributed by atoms with E-state index >= 15 is 0 Å². The highest BCUT2D eigenvalue weighted by Gasteiger charge is 2.23. The monoisotopic (exact) mass is 381 g/mol. The average molecular weight is 382 g/mol. The summed E-state index contributed by atoms with van der Waals surface area (Å²) in [4.78, 5) is 14.0. The predicted octanol–water partition coefficient (Wildman–Crippen LogP) is 5.20. The molecule has 0 aliphatic carbocycles. The zero-order valence-electron chi connectivity index (χ0n) is 16.0. The smallest absolute Gasteiger partial charge is 0.133 e. The number of benzene rings is 1. The molecule has 0 spiro atoms. The van der Waals surface area contributed by atoms with Crippen LogP contribution in [0, 0.1) is 5.82 Å². The van der Waals surface area contributed by atoms with Gasteiger partial charge in [0.25, 0.3) is 0 Å². The number of rotatable bonds is 3. The Labute approximate surface area is 163 Å². The Morgan fingerprint density at radius 3 is 2.74 bits per heavy atom. The molecule has 140 valence electrons. The Morgan fingerprint density at radius 2 is 1.96 bits per heavy atom. The molecular formula is C22H24FN3S. The van der Waals surface area contributed by atoms with E-state index in [1.165, 1.54) is 22.2 Å². The molecule has 0 saturated heterocycles. The van der Waals surface area contributed by atoms with Gasteiger partial charge in [0, 0.05) is 64.2 Å². The van der Waals surface area contributed by atoms with E-state index in [4.69, 9.17) is 4.98 Å². The molecule has 2 aromatic heterocycles. The molecule has 0 amide bonds. The van der Waals surface area contributed by atoms with Crippen LogP contribution in [0.3, 0.4) is 0 Å². The van der Waals surface area contributed by atoms with Gasteiger partial charge in [-0.25, -0.2) is 14.4 Å². The third kappa shape index (κ3) is 3.94. The zero-order chi connectivity index (χ0) is 19.0. The lowest BCUT2D eigenvalue weighted by Gasteiger charge is -2.28. The number of hydrogen-bond donors (Lipinski definition) is 0. The molecule has 0 bridgehead atoms. The molecule has 1 aromatic carbocycles.